The predicted octanol–water partition coefficient (Wildman–Crippen LogP) is -2.04. The van der Waals surface area contributed by atoms with Crippen molar-refractivity contribution in [2.75, 3.05) is 50.8 Å². The number of guanidine groups is 1. The van der Waals surface area contributed by atoms with Gasteiger partial charge in [-0.1, -0.05) is 38.8 Å². The highest BCUT2D eigenvalue weighted by Crippen LogP contribution is 2.23. The molecule has 31 nitrogen and oxygen atoms in total. The standard InChI is InChI=1S/C16H28N8O8.C13H22N2O3S.C12H14N2O4.C3H8.2C2H4O2/c17-5-10(25)23-8(2-1-3-20-16(18)19)14(31)21-6-11(26)24-9(4-12(27)28)15(32)22-7-13(29)30;1-3-14-11(16)7-5-4-6-8-15-12(17)9-10(19-2)13(15)18;1-9(13-7-15)12(17)14-11-4-2-10(3-5-11)6-18-8-16;1-3-2;2*1-2(3)4/h8-9H,1-7,17H2,(H,21,31)(H,22,32)(H,23,25)(H,24,26)(H,27,28)(H,29,30)(H4,18,19,20);10H,3-9H2,1-2H3,(H,14,16);2-5,7-9H,6H2,1H3,(H,13,15)(H,14,17);3H2,1-2H3;2*1H3,(H,3,4)/t8-,9?;;;;;/m0...../s1. The average Bonchev–Trinajstić information content (AvgIpc) is 3.65. The maximum absolute atomic E-state index is 12.3. The first kappa shape index (κ1) is 78.1. The molecule has 1 saturated heterocycles. The number of nitrogens with one attached hydrogen (secondary N) is 7. The van der Waals surface area contributed by atoms with Crippen molar-refractivity contribution in [2.24, 2.45) is 22.2 Å². The van der Waals surface area contributed by atoms with Crippen LogP contribution in [0, 0.1) is 0 Å². The Morgan fingerprint density at radius 2 is 1.32 bits per heavy atom. The number of ether oxygens (including phenoxy) is 1. The highest BCUT2D eigenvalue weighted by atomic mass is 32.2. The van der Waals surface area contributed by atoms with E-state index < -0.39 is 85.1 Å². The minimum absolute atomic E-state index is 0.0544. The molecule has 0 aliphatic carbocycles. The molecule has 4 atom stereocenters. The number of rotatable bonds is 30. The number of carbonyl (C=O) groups is 14. The van der Waals surface area contributed by atoms with E-state index in [0.29, 0.717) is 50.9 Å². The van der Waals surface area contributed by atoms with Crippen molar-refractivity contribution in [1.82, 2.24) is 36.8 Å². The fourth-order valence-electron chi connectivity index (χ4n) is 5.56. The molecule has 0 radical (unpaired) electrons. The summed E-state index contributed by atoms with van der Waals surface area (Å²) in [4.78, 5) is 159. The number of hydrogen-bond donors (Lipinski definition) is 14. The van der Waals surface area contributed by atoms with Crippen molar-refractivity contribution in [2.45, 2.75) is 129 Å². The molecule has 0 saturated carbocycles. The number of imide groups is 1. The minimum Gasteiger partial charge on any atom is -0.481 e. The summed E-state index contributed by atoms with van der Waals surface area (Å²) in [7, 11) is 0. The number of carboxylic acids is 4. The van der Waals surface area contributed by atoms with Crippen LogP contribution in [0.5, 0.6) is 0 Å². The van der Waals surface area contributed by atoms with E-state index in [1.54, 1.807) is 31.2 Å². The quantitative estimate of drug-likeness (QED) is 0.0130. The Bertz CT molecular complexity index is 2130. The third-order valence-electron chi connectivity index (χ3n) is 9.05. The number of unbranched alkanes of at least 4 members (excludes halogenated alkanes) is 2. The predicted molar refractivity (Wildman–Crippen MR) is 292 cm³/mol. The maximum atomic E-state index is 12.3. The van der Waals surface area contributed by atoms with Gasteiger partial charge in [-0.05, 0) is 63.5 Å². The van der Waals surface area contributed by atoms with Gasteiger partial charge >= 0.3 is 11.9 Å². The van der Waals surface area contributed by atoms with Gasteiger partial charge in [0.15, 0.2) is 5.96 Å². The number of amides is 9. The van der Waals surface area contributed by atoms with Crippen molar-refractivity contribution in [3.8, 4) is 0 Å². The van der Waals surface area contributed by atoms with Crippen LogP contribution in [-0.2, 0) is 78.5 Å². The lowest BCUT2D eigenvalue weighted by Crippen LogP contribution is -2.53. The SMILES string of the molecule is CC(=O)O.CC(=O)O.CC(NC=O)C(=O)Nc1ccc(COC=O)cc1.CCC.CCNC(=O)CCCCCN1C(=O)CC(SC)C1=O.NCC(=O)N[C@@H](CCCN=C(N)N)C(=O)NCC(=O)NC(CC(=O)O)C(=O)NCC(=O)O. The van der Waals surface area contributed by atoms with Gasteiger partial charge in [0.05, 0.1) is 24.8 Å². The Morgan fingerprint density at radius 1 is 0.775 bits per heavy atom. The van der Waals surface area contributed by atoms with Gasteiger partial charge in [-0.3, -0.25) is 77.0 Å². The fraction of sp³-hybridized carbons (Fsp3) is 0.562. The van der Waals surface area contributed by atoms with Gasteiger partial charge in [0.25, 0.3) is 18.4 Å². The molecule has 0 aromatic heterocycles. The summed E-state index contributed by atoms with van der Waals surface area (Å²) in [6.07, 6.45) is 6.49. The van der Waals surface area contributed by atoms with E-state index in [1.807, 2.05) is 18.5 Å². The van der Waals surface area contributed by atoms with Gasteiger partial charge in [-0.25, -0.2) is 0 Å². The van der Waals surface area contributed by atoms with E-state index in [1.165, 1.54) is 23.1 Å². The number of thioether (sulfide) groups is 1. The molecular formula is C48H80N12O19S. The zero-order valence-corrected chi connectivity index (χ0v) is 46.9. The minimum atomic E-state index is -1.57. The molecular weight excluding hydrogens is 1080 g/mol. The number of aliphatic carboxylic acids is 4. The first-order valence-corrected chi connectivity index (χ1v) is 25.9. The van der Waals surface area contributed by atoms with Gasteiger partial charge in [0.1, 0.15) is 31.3 Å². The molecule has 3 unspecified atom stereocenters. The van der Waals surface area contributed by atoms with Crippen LogP contribution in [0.25, 0.3) is 0 Å². The highest BCUT2D eigenvalue weighted by Gasteiger charge is 2.37. The van der Waals surface area contributed by atoms with E-state index in [4.69, 9.17) is 47.2 Å². The van der Waals surface area contributed by atoms with E-state index in [2.05, 4.69) is 55.5 Å². The number of carbonyl (C=O) groups excluding carboxylic acids is 10. The van der Waals surface area contributed by atoms with Crippen LogP contribution in [0.15, 0.2) is 29.3 Å². The number of anilines is 1. The Hall–Kier alpha value is -8.42. The topological polar surface area (TPSA) is 507 Å². The molecule has 1 aliphatic rings. The smallest absolute Gasteiger partial charge is 0.322 e. The van der Waals surface area contributed by atoms with Crippen molar-refractivity contribution in [3.63, 3.8) is 0 Å². The van der Waals surface area contributed by atoms with Crippen LogP contribution in [0.1, 0.15) is 105 Å². The van der Waals surface area contributed by atoms with Crippen LogP contribution in [0.4, 0.5) is 5.69 Å². The van der Waals surface area contributed by atoms with Crippen LogP contribution < -0.4 is 54.4 Å². The summed E-state index contributed by atoms with van der Waals surface area (Å²) in [6, 6.07) is 3.63. The lowest BCUT2D eigenvalue weighted by atomic mass is 10.1. The van der Waals surface area contributed by atoms with Crippen LogP contribution in [-0.4, -0.2) is 184 Å². The third kappa shape index (κ3) is 45.7. The molecule has 80 heavy (non-hydrogen) atoms. The summed E-state index contributed by atoms with van der Waals surface area (Å²) >= 11 is 1.44. The second-order valence-electron chi connectivity index (χ2n) is 16.2. The lowest BCUT2D eigenvalue weighted by Gasteiger charge is -2.19. The third-order valence-corrected chi connectivity index (χ3v) is 9.98. The first-order valence-electron chi connectivity index (χ1n) is 24.6. The van der Waals surface area contributed by atoms with Crippen molar-refractivity contribution in [1.29, 1.82) is 0 Å². The molecule has 2 rings (SSSR count). The molecule has 1 aliphatic heterocycles. The van der Waals surface area contributed by atoms with Crippen LogP contribution in [0.3, 0.4) is 0 Å². The first-order chi connectivity index (χ1) is 37.6. The number of aliphatic imine (C=N–C) groups is 1. The number of benzene rings is 1. The van der Waals surface area contributed by atoms with E-state index in [0.717, 1.165) is 38.7 Å². The molecule has 1 heterocycles. The monoisotopic (exact) mass is 1160 g/mol. The Morgan fingerprint density at radius 3 is 1.80 bits per heavy atom. The van der Waals surface area contributed by atoms with Crippen molar-refractivity contribution in [3.05, 3.63) is 29.8 Å². The summed E-state index contributed by atoms with van der Waals surface area (Å²) in [5.41, 5.74) is 17.0. The molecule has 1 aromatic carbocycles. The normalized spacial score (nSPS) is 12.7. The summed E-state index contributed by atoms with van der Waals surface area (Å²) < 4.78 is 4.59. The van der Waals surface area contributed by atoms with Gasteiger partial charge in [-0.2, -0.15) is 11.8 Å². The number of nitrogens with two attached hydrogens (primary N) is 3. The zero-order chi connectivity index (χ0) is 62.2. The molecule has 452 valence electrons. The largest absolute Gasteiger partial charge is 0.481 e. The molecule has 9 amide bonds. The molecule has 1 aromatic rings. The average molecular weight is 1160 g/mol. The second kappa shape index (κ2) is 48.9. The highest BCUT2D eigenvalue weighted by molar-refractivity contribution is 8.00. The van der Waals surface area contributed by atoms with E-state index in [-0.39, 0.29) is 61.0 Å². The number of hydrogen-bond acceptors (Lipinski definition) is 18. The fourth-order valence-corrected chi connectivity index (χ4v) is 6.20. The second-order valence-corrected chi connectivity index (χ2v) is 17.3. The van der Waals surface area contributed by atoms with Gasteiger partial charge < -0.3 is 79.6 Å². The van der Waals surface area contributed by atoms with Gasteiger partial charge in [-0.15, -0.1) is 0 Å². The van der Waals surface area contributed by atoms with Gasteiger partial charge in [0, 0.05) is 52.0 Å². The Labute approximate surface area is 467 Å². The summed E-state index contributed by atoms with van der Waals surface area (Å²) in [5.74, 6) is -8.25. The Balaban J connectivity index is -0.000000514. The number of likely N-dealkylation sites (tertiary alicyclic amines) is 1. The van der Waals surface area contributed by atoms with Crippen LogP contribution in [0.2, 0.25) is 0 Å². The summed E-state index contributed by atoms with van der Waals surface area (Å²) in [6.45, 7) is 10.0. The molecule has 32 heteroatoms. The van der Waals surface area contributed by atoms with E-state index in [9.17, 15) is 57.5 Å². The lowest BCUT2D eigenvalue weighted by molar-refractivity contribution is -0.141. The zero-order valence-electron chi connectivity index (χ0n) is 46.0. The molecule has 0 bridgehead atoms. The number of nitrogens with zero attached hydrogens (tertiary/aromatic N) is 2. The summed E-state index contributed by atoms with van der Waals surface area (Å²) in [5, 5.41) is 48.5. The van der Waals surface area contributed by atoms with Gasteiger partial charge in [0.2, 0.25) is 53.7 Å². The molecule has 1 fully saturated rings. The number of carboxylic acid groups (broad SMARTS) is 4. The molecule has 17 N–H and O–H groups in total. The van der Waals surface area contributed by atoms with Crippen molar-refractivity contribution >= 4 is 107 Å². The Kier molecular flexibility index (Phi) is 47.7. The van der Waals surface area contributed by atoms with E-state index >= 15 is 0 Å². The van der Waals surface area contributed by atoms with Crippen LogP contribution >= 0.6 is 11.8 Å². The van der Waals surface area contributed by atoms with Crippen molar-refractivity contribution < 1.29 is 92.3 Å². The molecule has 0 spiro atoms. The maximum Gasteiger partial charge on any atom is 0.322 e.